The maximum absolute atomic E-state index is 11.9. The molecule has 2 aromatic rings. The lowest BCUT2D eigenvalue weighted by atomic mass is 10.2. The summed E-state index contributed by atoms with van der Waals surface area (Å²) in [5.74, 6) is -3.92. The Labute approximate surface area is 172 Å². The Bertz CT molecular complexity index is 962. The Morgan fingerprint density at radius 3 is 2.03 bits per heavy atom. The van der Waals surface area contributed by atoms with Crippen molar-refractivity contribution in [1.82, 2.24) is 0 Å². The molecule has 0 aliphatic carbocycles. The number of hydrogen-bond donors (Lipinski definition) is 3. The average Bonchev–Trinajstić information content (AvgIpc) is 2.71. The van der Waals surface area contributed by atoms with Crippen molar-refractivity contribution in [3.05, 3.63) is 71.8 Å². The van der Waals surface area contributed by atoms with Crippen molar-refractivity contribution in [2.24, 2.45) is 0 Å². The largest absolute Gasteiger partial charge is 0.504 e. The lowest BCUT2D eigenvalue weighted by Crippen LogP contribution is -2.38. The molecule has 2 atom stereocenters. The first-order valence-electron chi connectivity index (χ1n) is 8.83. The third kappa shape index (κ3) is 6.83. The molecule has 156 valence electrons. The second-order valence-corrected chi connectivity index (χ2v) is 6.16. The van der Waals surface area contributed by atoms with E-state index in [2.05, 4.69) is 0 Å². The highest BCUT2D eigenvalue weighted by molar-refractivity contribution is 5.90. The van der Waals surface area contributed by atoms with Gasteiger partial charge < -0.3 is 24.8 Å². The van der Waals surface area contributed by atoms with E-state index >= 15 is 0 Å². The number of phenols is 2. The molecule has 0 heterocycles. The summed E-state index contributed by atoms with van der Waals surface area (Å²) in [4.78, 5) is 35.3. The van der Waals surface area contributed by atoms with Gasteiger partial charge in [-0.15, -0.1) is 0 Å². The third-order valence-electron chi connectivity index (χ3n) is 3.84. The first kappa shape index (κ1) is 22.2. The molecule has 0 bridgehead atoms. The molecule has 0 aromatic heterocycles. The van der Waals surface area contributed by atoms with Gasteiger partial charge in [-0.25, -0.2) is 14.4 Å². The summed E-state index contributed by atoms with van der Waals surface area (Å²) >= 11 is 0. The molecule has 0 saturated heterocycles. The molecule has 30 heavy (non-hydrogen) atoms. The van der Waals surface area contributed by atoms with Gasteiger partial charge in [0.2, 0.25) is 6.10 Å². The van der Waals surface area contributed by atoms with Crippen LogP contribution < -0.4 is 0 Å². The van der Waals surface area contributed by atoms with E-state index in [1.807, 2.05) is 6.07 Å². The van der Waals surface area contributed by atoms with Gasteiger partial charge in [0, 0.05) is 12.2 Å². The summed E-state index contributed by atoms with van der Waals surface area (Å²) in [5.41, 5.74) is 1.13. The molecule has 0 spiro atoms. The van der Waals surface area contributed by atoms with Gasteiger partial charge in [0.05, 0.1) is 0 Å². The first-order chi connectivity index (χ1) is 14.3. The molecular formula is C22H20O8. The zero-order valence-corrected chi connectivity index (χ0v) is 16.0. The fraction of sp³-hybridized carbons (Fsp3) is 0.136. The monoisotopic (exact) mass is 412 g/mol. The predicted molar refractivity (Wildman–Crippen MR) is 107 cm³/mol. The van der Waals surface area contributed by atoms with Gasteiger partial charge in [-0.1, -0.05) is 36.4 Å². The maximum Gasteiger partial charge on any atom is 0.348 e. The zero-order chi connectivity index (χ0) is 22.1. The third-order valence-corrected chi connectivity index (χ3v) is 3.84. The van der Waals surface area contributed by atoms with Crippen molar-refractivity contribution in [3.8, 4) is 11.5 Å². The van der Waals surface area contributed by atoms with Crippen LogP contribution in [0.3, 0.4) is 0 Å². The van der Waals surface area contributed by atoms with Crippen LogP contribution in [-0.2, 0) is 23.9 Å². The van der Waals surface area contributed by atoms with Crippen LogP contribution in [-0.4, -0.2) is 45.4 Å². The highest BCUT2D eigenvalue weighted by Crippen LogP contribution is 2.25. The molecule has 2 aromatic carbocycles. The molecular weight excluding hydrogens is 392 g/mol. The second kappa shape index (κ2) is 10.5. The number of rotatable bonds is 8. The van der Waals surface area contributed by atoms with Gasteiger partial charge in [0.25, 0.3) is 0 Å². The molecule has 0 aliphatic rings. The summed E-state index contributed by atoms with van der Waals surface area (Å²) in [6.45, 7) is 1.28. The molecule has 0 radical (unpaired) electrons. The minimum atomic E-state index is -1.70. The van der Waals surface area contributed by atoms with Crippen LogP contribution >= 0.6 is 0 Å². The number of esters is 2. The minimum absolute atomic E-state index is 0.309. The molecule has 3 N–H and O–H groups in total. The van der Waals surface area contributed by atoms with Gasteiger partial charge in [-0.3, -0.25) is 0 Å². The molecule has 8 nitrogen and oxygen atoms in total. The maximum atomic E-state index is 11.9. The topological polar surface area (TPSA) is 130 Å². The molecule has 0 saturated carbocycles. The van der Waals surface area contributed by atoms with Crippen molar-refractivity contribution in [1.29, 1.82) is 0 Å². The van der Waals surface area contributed by atoms with Crippen LogP contribution in [0, 0.1) is 0 Å². The van der Waals surface area contributed by atoms with Gasteiger partial charge in [0.15, 0.2) is 11.5 Å². The SMILES string of the molecule is C[C@H](OC(=O)/C=C/c1ccc(O)c(O)c1)[C@@H](OC(=O)/C=C/c1ccccc1)C(=O)O. The van der Waals surface area contributed by atoms with Gasteiger partial charge >= 0.3 is 17.9 Å². The summed E-state index contributed by atoms with van der Waals surface area (Å²) in [7, 11) is 0. The van der Waals surface area contributed by atoms with E-state index in [0.29, 0.717) is 5.56 Å². The van der Waals surface area contributed by atoms with Crippen LogP contribution in [0.4, 0.5) is 0 Å². The molecule has 0 amide bonds. The zero-order valence-electron chi connectivity index (χ0n) is 16.0. The number of aliphatic carboxylic acids is 1. The van der Waals surface area contributed by atoms with E-state index in [-0.39, 0.29) is 11.5 Å². The molecule has 0 fully saturated rings. The Balaban J connectivity index is 1.96. The molecule has 0 aliphatic heterocycles. The highest BCUT2D eigenvalue weighted by Gasteiger charge is 2.30. The lowest BCUT2D eigenvalue weighted by molar-refractivity contribution is -0.173. The van der Waals surface area contributed by atoms with E-state index in [9.17, 15) is 29.7 Å². The second-order valence-electron chi connectivity index (χ2n) is 6.16. The number of carboxylic acids is 1. The van der Waals surface area contributed by atoms with E-state index < -0.39 is 30.1 Å². The van der Waals surface area contributed by atoms with E-state index in [0.717, 1.165) is 17.7 Å². The average molecular weight is 412 g/mol. The van der Waals surface area contributed by atoms with E-state index in [1.165, 1.54) is 37.3 Å². The smallest absolute Gasteiger partial charge is 0.348 e. The summed E-state index contributed by atoms with van der Waals surface area (Å²) < 4.78 is 9.89. The van der Waals surface area contributed by atoms with Gasteiger partial charge in [0.1, 0.15) is 6.10 Å². The van der Waals surface area contributed by atoms with Gasteiger partial charge in [-0.05, 0) is 42.3 Å². The number of benzene rings is 2. The van der Waals surface area contributed by atoms with Gasteiger partial charge in [-0.2, -0.15) is 0 Å². The number of carbonyl (C=O) groups excluding carboxylic acids is 2. The van der Waals surface area contributed by atoms with Crippen molar-refractivity contribution in [3.63, 3.8) is 0 Å². The number of hydrogen-bond acceptors (Lipinski definition) is 7. The van der Waals surface area contributed by atoms with Crippen LogP contribution in [0.2, 0.25) is 0 Å². The fourth-order valence-corrected chi connectivity index (χ4v) is 2.33. The van der Waals surface area contributed by atoms with E-state index in [4.69, 9.17) is 9.47 Å². The standard InChI is InChI=1S/C22H20O8/c1-14(29-19(25)12-9-16-7-10-17(23)18(24)13-16)21(22(27)28)30-20(26)11-8-15-5-3-2-4-6-15/h2-14,21,23-24H,1H3,(H,27,28)/b11-8+,12-9+/t14-,21+/m0/s1. The molecule has 2 rings (SSSR count). The Morgan fingerprint density at radius 1 is 0.833 bits per heavy atom. The first-order valence-corrected chi connectivity index (χ1v) is 8.83. The highest BCUT2D eigenvalue weighted by atomic mass is 16.6. The van der Waals surface area contributed by atoms with Crippen LogP contribution in [0.25, 0.3) is 12.2 Å². The predicted octanol–water partition coefficient (Wildman–Crippen LogP) is 2.75. The summed E-state index contributed by atoms with van der Waals surface area (Å²) in [6.07, 6.45) is 1.90. The van der Waals surface area contributed by atoms with E-state index in [1.54, 1.807) is 24.3 Å². The van der Waals surface area contributed by atoms with Crippen molar-refractivity contribution in [2.45, 2.75) is 19.1 Å². The number of ether oxygens (including phenoxy) is 2. The quantitative estimate of drug-likeness (QED) is 0.343. The Hall–Kier alpha value is -4.07. The fourth-order valence-electron chi connectivity index (χ4n) is 2.33. The molecule has 0 unspecified atom stereocenters. The summed E-state index contributed by atoms with van der Waals surface area (Å²) in [6, 6.07) is 12.8. The number of phenolic OH excluding ortho intramolecular Hbond substituents is 2. The molecule has 8 heteroatoms. The minimum Gasteiger partial charge on any atom is -0.504 e. The number of aromatic hydroxyl groups is 2. The van der Waals surface area contributed by atoms with Crippen LogP contribution in [0.1, 0.15) is 18.1 Å². The number of carboxylic acid groups (broad SMARTS) is 1. The Morgan fingerprint density at radius 2 is 1.43 bits per heavy atom. The lowest BCUT2D eigenvalue weighted by Gasteiger charge is -2.19. The normalized spacial score (nSPS) is 13.1. The number of carbonyl (C=O) groups is 3. The van der Waals surface area contributed by atoms with Crippen LogP contribution in [0.5, 0.6) is 11.5 Å². The van der Waals surface area contributed by atoms with Crippen molar-refractivity contribution in [2.75, 3.05) is 0 Å². The Kier molecular flexibility index (Phi) is 7.75. The van der Waals surface area contributed by atoms with Crippen LogP contribution in [0.15, 0.2) is 60.7 Å². The van der Waals surface area contributed by atoms with Crippen molar-refractivity contribution < 1.29 is 39.2 Å². The summed E-state index contributed by atoms with van der Waals surface area (Å²) in [5, 5.41) is 28.0. The van der Waals surface area contributed by atoms with Crippen molar-refractivity contribution >= 4 is 30.1 Å².